The van der Waals surface area contributed by atoms with Crippen molar-refractivity contribution in [1.82, 2.24) is 4.98 Å². The number of aliphatic carboxylic acids is 1. The summed E-state index contributed by atoms with van der Waals surface area (Å²) in [4.78, 5) is 18.8. The lowest BCUT2D eigenvalue weighted by atomic mass is 10.1. The number of hydrogen-bond acceptors (Lipinski definition) is 5. The van der Waals surface area contributed by atoms with E-state index in [1.54, 1.807) is 11.3 Å². The Morgan fingerprint density at radius 2 is 2.47 bits per heavy atom. The lowest BCUT2D eigenvalue weighted by Gasteiger charge is -2.21. The molecule has 19 heavy (non-hydrogen) atoms. The van der Waals surface area contributed by atoms with Crippen molar-refractivity contribution in [2.45, 2.75) is 32.6 Å². The van der Waals surface area contributed by atoms with Gasteiger partial charge in [0.25, 0.3) is 0 Å². The second-order valence-corrected chi connectivity index (χ2v) is 5.87. The number of nitriles is 1. The Morgan fingerprint density at radius 1 is 1.74 bits per heavy atom. The fraction of sp³-hybridized carbons (Fsp3) is 0.615. The van der Waals surface area contributed by atoms with Crippen LogP contribution in [0.15, 0.2) is 0 Å². The smallest absolute Gasteiger partial charge is 0.312 e. The van der Waals surface area contributed by atoms with Gasteiger partial charge in [-0.1, -0.05) is 0 Å². The van der Waals surface area contributed by atoms with Gasteiger partial charge in [0.15, 0.2) is 5.13 Å². The standard InChI is InChI=1S/C13H17N3O2S/c1-3-16(7-8(2)6-14)13-15-11-9(12(17)18)4-5-10(11)19-13/h8-9H,3-5,7H2,1-2H3,(H,17,18). The minimum absolute atomic E-state index is 0.0611. The van der Waals surface area contributed by atoms with E-state index < -0.39 is 11.9 Å². The SMILES string of the molecule is CCN(CC(C)C#N)c1nc2c(s1)CCC2C(=O)O. The van der Waals surface area contributed by atoms with Crippen molar-refractivity contribution in [2.75, 3.05) is 18.0 Å². The van der Waals surface area contributed by atoms with E-state index in [9.17, 15) is 4.79 Å². The molecule has 0 spiro atoms. The topological polar surface area (TPSA) is 77.2 Å². The quantitative estimate of drug-likeness (QED) is 0.894. The maximum absolute atomic E-state index is 11.1. The van der Waals surface area contributed by atoms with Crippen molar-refractivity contribution >= 4 is 22.4 Å². The molecule has 1 aliphatic rings. The highest BCUT2D eigenvalue weighted by Crippen LogP contribution is 2.39. The summed E-state index contributed by atoms with van der Waals surface area (Å²) < 4.78 is 0. The summed E-state index contributed by atoms with van der Waals surface area (Å²) in [6.45, 7) is 5.31. The van der Waals surface area contributed by atoms with Crippen LogP contribution in [0.4, 0.5) is 5.13 Å². The van der Waals surface area contributed by atoms with Crippen LogP contribution >= 0.6 is 11.3 Å². The molecular weight excluding hydrogens is 262 g/mol. The van der Waals surface area contributed by atoms with Gasteiger partial charge >= 0.3 is 5.97 Å². The number of anilines is 1. The Bertz CT molecular complexity index is 520. The van der Waals surface area contributed by atoms with Gasteiger partial charge in [-0.2, -0.15) is 5.26 Å². The third-order valence-corrected chi connectivity index (χ3v) is 4.56. The van der Waals surface area contributed by atoms with Crippen LogP contribution in [-0.4, -0.2) is 29.1 Å². The fourth-order valence-corrected chi connectivity index (χ4v) is 3.51. The Morgan fingerprint density at radius 3 is 3.05 bits per heavy atom. The minimum Gasteiger partial charge on any atom is -0.481 e. The lowest BCUT2D eigenvalue weighted by Crippen LogP contribution is -2.27. The second kappa shape index (κ2) is 5.57. The Labute approximate surface area is 116 Å². The number of nitrogens with zero attached hydrogens (tertiary/aromatic N) is 3. The zero-order valence-electron chi connectivity index (χ0n) is 11.1. The van der Waals surface area contributed by atoms with Gasteiger partial charge in [-0.25, -0.2) is 4.98 Å². The summed E-state index contributed by atoms with van der Waals surface area (Å²) in [5.74, 6) is -1.30. The van der Waals surface area contributed by atoms with E-state index in [-0.39, 0.29) is 5.92 Å². The Balaban J connectivity index is 2.21. The molecule has 0 bridgehead atoms. The van der Waals surface area contributed by atoms with Crippen molar-refractivity contribution in [3.63, 3.8) is 0 Å². The lowest BCUT2D eigenvalue weighted by molar-refractivity contribution is -0.138. The summed E-state index contributed by atoms with van der Waals surface area (Å²) in [6, 6.07) is 2.22. The first-order chi connectivity index (χ1) is 9.06. The maximum Gasteiger partial charge on any atom is 0.312 e. The van der Waals surface area contributed by atoms with E-state index in [0.29, 0.717) is 13.0 Å². The van der Waals surface area contributed by atoms with Crippen molar-refractivity contribution in [3.05, 3.63) is 10.6 Å². The average Bonchev–Trinajstić information content (AvgIpc) is 2.94. The van der Waals surface area contributed by atoms with Gasteiger partial charge in [-0.3, -0.25) is 4.79 Å². The van der Waals surface area contributed by atoms with Crippen LogP contribution in [0.5, 0.6) is 0 Å². The number of carboxylic acid groups (broad SMARTS) is 1. The number of fused-ring (bicyclic) bond motifs is 1. The molecule has 0 radical (unpaired) electrons. The van der Waals surface area contributed by atoms with E-state index in [1.807, 2.05) is 13.8 Å². The Kier molecular flexibility index (Phi) is 4.05. The summed E-state index contributed by atoms with van der Waals surface area (Å²) >= 11 is 1.57. The molecular formula is C13H17N3O2S. The number of aryl methyl sites for hydroxylation is 1. The van der Waals surface area contributed by atoms with Crippen molar-refractivity contribution in [1.29, 1.82) is 5.26 Å². The molecule has 2 rings (SSSR count). The van der Waals surface area contributed by atoms with Gasteiger partial charge in [0, 0.05) is 18.0 Å². The van der Waals surface area contributed by atoms with Gasteiger partial charge in [0.1, 0.15) is 5.92 Å². The monoisotopic (exact) mass is 279 g/mol. The third-order valence-electron chi connectivity index (χ3n) is 3.37. The molecule has 1 N–H and O–H groups in total. The predicted molar refractivity (Wildman–Crippen MR) is 73.5 cm³/mol. The van der Waals surface area contributed by atoms with E-state index >= 15 is 0 Å². The van der Waals surface area contributed by atoms with E-state index in [2.05, 4.69) is 16.0 Å². The second-order valence-electron chi connectivity index (χ2n) is 4.80. The normalized spacial score (nSPS) is 18.7. The third kappa shape index (κ3) is 2.71. The zero-order chi connectivity index (χ0) is 14.0. The number of hydrogen-bond donors (Lipinski definition) is 1. The molecule has 0 saturated heterocycles. The predicted octanol–water partition coefficient (Wildman–Crippen LogP) is 2.24. The van der Waals surface area contributed by atoms with Crippen LogP contribution in [0.1, 0.15) is 36.8 Å². The molecule has 0 saturated carbocycles. The highest BCUT2D eigenvalue weighted by Gasteiger charge is 2.33. The van der Waals surface area contributed by atoms with Gasteiger partial charge < -0.3 is 10.0 Å². The first-order valence-corrected chi connectivity index (χ1v) is 7.25. The van der Waals surface area contributed by atoms with Crippen LogP contribution in [0.2, 0.25) is 0 Å². The summed E-state index contributed by atoms with van der Waals surface area (Å²) in [5, 5.41) is 18.9. The highest BCUT2D eigenvalue weighted by molar-refractivity contribution is 7.15. The van der Waals surface area contributed by atoms with Crippen LogP contribution in [0, 0.1) is 17.2 Å². The summed E-state index contributed by atoms with van der Waals surface area (Å²) in [7, 11) is 0. The first kappa shape index (κ1) is 13.8. The van der Waals surface area contributed by atoms with Crippen molar-refractivity contribution in [2.24, 2.45) is 5.92 Å². The van der Waals surface area contributed by atoms with Crippen molar-refractivity contribution in [3.8, 4) is 6.07 Å². The first-order valence-electron chi connectivity index (χ1n) is 6.43. The van der Waals surface area contributed by atoms with Crippen LogP contribution in [0.25, 0.3) is 0 Å². The van der Waals surface area contributed by atoms with Gasteiger partial charge in [0.2, 0.25) is 0 Å². The number of thiazole rings is 1. The molecule has 2 unspecified atom stereocenters. The fourth-order valence-electron chi connectivity index (χ4n) is 2.30. The molecule has 0 fully saturated rings. The highest BCUT2D eigenvalue weighted by atomic mass is 32.1. The maximum atomic E-state index is 11.1. The molecule has 1 heterocycles. The molecule has 6 heteroatoms. The average molecular weight is 279 g/mol. The molecule has 0 aromatic carbocycles. The van der Waals surface area contributed by atoms with Crippen molar-refractivity contribution < 1.29 is 9.90 Å². The molecule has 1 aliphatic carbocycles. The molecule has 0 amide bonds. The molecule has 0 aliphatic heterocycles. The largest absolute Gasteiger partial charge is 0.481 e. The molecule has 2 atom stereocenters. The molecule has 102 valence electrons. The van der Waals surface area contributed by atoms with Gasteiger partial charge in [0.05, 0.1) is 17.7 Å². The van der Waals surface area contributed by atoms with Crippen LogP contribution in [-0.2, 0) is 11.2 Å². The van der Waals surface area contributed by atoms with Crippen LogP contribution in [0.3, 0.4) is 0 Å². The molecule has 1 aromatic heterocycles. The summed E-state index contributed by atoms with van der Waals surface area (Å²) in [6.07, 6.45) is 1.46. The van der Waals surface area contributed by atoms with E-state index in [1.165, 1.54) is 0 Å². The van der Waals surface area contributed by atoms with Crippen LogP contribution < -0.4 is 4.90 Å². The minimum atomic E-state index is -0.788. The van der Waals surface area contributed by atoms with Gasteiger partial charge in [-0.05, 0) is 26.7 Å². The summed E-state index contributed by atoms with van der Waals surface area (Å²) in [5.41, 5.74) is 0.732. The molecule has 1 aromatic rings. The number of carboxylic acids is 1. The molecule has 5 nitrogen and oxygen atoms in total. The zero-order valence-corrected chi connectivity index (χ0v) is 11.9. The van der Waals surface area contributed by atoms with Gasteiger partial charge in [-0.15, -0.1) is 11.3 Å². The Hall–Kier alpha value is -1.61. The van der Waals surface area contributed by atoms with E-state index in [4.69, 9.17) is 10.4 Å². The number of rotatable bonds is 5. The number of aromatic nitrogens is 1. The number of carbonyl (C=O) groups is 1. The van der Waals surface area contributed by atoms with E-state index in [0.717, 1.165) is 28.7 Å².